The minimum Gasteiger partial charge on any atom is -0.355 e. The van der Waals surface area contributed by atoms with Crippen LogP contribution in [0.3, 0.4) is 0 Å². The van der Waals surface area contributed by atoms with Crippen molar-refractivity contribution in [3.63, 3.8) is 0 Å². The highest BCUT2D eigenvalue weighted by Crippen LogP contribution is 2.21. The van der Waals surface area contributed by atoms with Crippen LogP contribution in [-0.2, 0) is 4.79 Å². The van der Waals surface area contributed by atoms with Crippen molar-refractivity contribution in [3.8, 4) is 0 Å². The predicted molar refractivity (Wildman–Crippen MR) is 100 cm³/mol. The van der Waals surface area contributed by atoms with E-state index in [1.54, 1.807) is 31.3 Å². The summed E-state index contributed by atoms with van der Waals surface area (Å²) >= 11 is 0. The molecule has 0 aromatic heterocycles. The highest BCUT2D eigenvalue weighted by atomic mass is 16.2. The Morgan fingerprint density at radius 3 is 2.16 bits per heavy atom. The molecule has 2 amide bonds. The van der Waals surface area contributed by atoms with Gasteiger partial charge >= 0.3 is 0 Å². The van der Waals surface area contributed by atoms with Gasteiger partial charge in [0.2, 0.25) is 5.91 Å². The van der Waals surface area contributed by atoms with Crippen LogP contribution < -0.4 is 16.0 Å². The minimum absolute atomic E-state index is 0.113. The molecule has 1 atom stereocenters. The summed E-state index contributed by atoms with van der Waals surface area (Å²) in [4.78, 5) is 23.7. The molecule has 0 radical (unpaired) electrons. The van der Waals surface area contributed by atoms with E-state index < -0.39 is 0 Å². The first-order valence-corrected chi connectivity index (χ1v) is 8.41. The molecule has 0 saturated heterocycles. The molecule has 5 heteroatoms. The first-order valence-electron chi connectivity index (χ1n) is 8.41. The van der Waals surface area contributed by atoms with Gasteiger partial charge in [-0.05, 0) is 35.7 Å². The van der Waals surface area contributed by atoms with Crippen molar-refractivity contribution < 1.29 is 9.59 Å². The van der Waals surface area contributed by atoms with Crippen molar-refractivity contribution in [1.82, 2.24) is 10.6 Å². The summed E-state index contributed by atoms with van der Waals surface area (Å²) in [5.41, 5.74) is 2.39. The molecular weight excluding hydrogens is 314 g/mol. The monoisotopic (exact) mass is 339 g/mol. The molecule has 2 rings (SSSR count). The molecule has 0 heterocycles. The molecule has 0 aliphatic heterocycles. The van der Waals surface area contributed by atoms with Crippen molar-refractivity contribution in [2.75, 3.05) is 18.9 Å². The van der Waals surface area contributed by atoms with E-state index in [1.165, 1.54) is 5.56 Å². The number of carbonyl (C=O) groups excluding carboxylic acids is 2. The summed E-state index contributed by atoms with van der Waals surface area (Å²) in [5.74, 6) is 0.0958. The van der Waals surface area contributed by atoms with E-state index in [4.69, 9.17) is 0 Å². The van der Waals surface area contributed by atoms with Crippen LogP contribution in [0.4, 0.5) is 5.69 Å². The van der Waals surface area contributed by atoms with Crippen LogP contribution in [0.15, 0.2) is 54.6 Å². The number of carbonyl (C=O) groups is 2. The fourth-order valence-electron chi connectivity index (χ4n) is 2.66. The molecule has 0 aliphatic rings. The third-order valence-electron chi connectivity index (χ3n) is 3.97. The van der Waals surface area contributed by atoms with Gasteiger partial charge in [0.25, 0.3) is 5.91 Å². The van der Waals surface area contributed by atoms with Crippen molar-refractivity contribution in [2.45, 2.75) is 19.9 Å². The number of nitrogens with one attached hydrogen (secondary N) is 3. The molecule has 2 aromatic carbocycles. The number of anilines is 1. The topological polar surface area (TPSA) is 70.2 Å². The number of hydrogen-bond donors (Lipinski definition) is 3. The molecule has 0 aliphatic carbocycles. The molecule has 2 aromatic rings. The van der Waals surface area contributed by atoms with E-state index in [-0.39, 0.29) is 24.4 Å². The number of hydrogen-bond acceptors (Lipinski definition) is 3. The summed E-state index contributed by atoms with van der Waals surface area (Å²) in [6.45, 7) is 4.47. The second-order valence-corrected chi connectivity index (χ2v) is 6.22. The standard InChI is InChI=1S/C20H25N3O2/c1-14(2)19(15-7-5-4-6-8-15)22-13-18(24)23-17-11-9-16(10-12-17)20(25)21-3/h4-12,14,19,22H,13H2,1-3H3,(H,21,25)(H,23,24)/t19-/m1/s1. The summed E-state index contributed by atoms with van der Waals surface area (Å²) in [6.07, 6.45) is 0. The Bertz CT molecular complexity index is 697. The number of benzene rings is 2. The third-order valence-corrected chi connectivity index (χ3v) is 3.97. The smallest absolute Gasteiger partial charge is 0.251 e. The van der Waals surface area contributed by atoms with Crippen LogP contribution in [0.2, 0.25) is 0 Å². The van der Waals surface area contributed by atoms with Crippen LogP contribution >= 0.6 is 0 Å². The second kappa shape index (κ2) is 8.99. The zero-order valence-electron chi connectivity index (χ0n) is 14.9. The Morgan fingerprint density at radius 2 is 1.60 bits per heavy atom. The summed E-state index contributed by atoms with van der Waals surface area (Å²) in [6, 6.07) is 17.0. The van der Waals surface area contributed by atoms with Crippen LogP contribution in [0.5, 0.6) is 0 Å². The highest BCUT2D eigenvalue weighted by Gasteiger charge is 2.16. The van der Waals surface area contributed by atoms with E-state index >= 15 is 0 Å². The molecule has 0 spiro atoms. The van der Waals surface area contributed by atoms with E-state index in [1.807, 2.05) is 18.2 Å². The van der Waals surface area contributed by atoms with Gasteiger partial charge in [-0.3, -0.25) is 9.59 Å². The highest BCUT2D eigenvalue weighted by molar-refractivity contribution is 5.96. The second-order valence-electron chi connectivity index (χ2n) is 6.22. The maximum Gasteiger partial charge on any atom is 0.251 e. The van der Waals surface area contributed by atoms with Gasteiger partial charge in [0.15, 0.2) is 0 Å². The lowest BCUT2D eigenvalue weighted by Crippen LogP contribution is -2.33. The Morgan fingerprint density at radius 1 is 0.960 bits per heavy atom. The average molecular weight is 339 g/mol. The lowest BCUT2D eigenvalue weighted by Gasteiger charge is -2.22. The van der Waals surface area contributed by atoms with Crippen molar-refractivity contribution in [2.24, 2.45) is 5.92 Å². The Balaban J connectivity index is 1.92. The van der Waals surface area contributed by atoms with Crippen molar-refractivity contribution >= 4 is 17.5 Å². The van der Waals surface area contributed by atoms with Crippen LogP contribution in [0.25, 0.3) is 0 Å². The van der Waals surface area contributed by atoms with Gasteiger partial charge in [-0.15, -0.1) is 0 Å². The summed E-state index contributed by atoms with van der Waals surface area (Å²) in [5, 5.41) is 8.72. The maximum atomic E-state index is 12.2. The minimum atomic E-state index is -0.151. The van der Waals surface area contributed by atoms with E-state index in [0.29, 0.717) is 17.2 Å². The SMILES string of the molecule is CNC(=O)c1ccc(NC(=O)CN[C@@H](c2ccccc2)C(C)C)cc1. The van der Waals surface area contributed by atoms with Crippen LogP contribution in [0, 0.1) is 5.92 Å². The molecule has 0 saturated carbocycles. The summed E-state index contributed by atoms with van der Waals surface area (Å²) in [7, 11) is 1.58. The van der Waals surface area contributed by atoms with Gasteiger partial charge in [0.1, 0.15) is 0 Å². The Hall–Kier alpha value is -2.66. The van der Waals surface area contributed by atoms with E-state index in [2.05, 4.69) is 41.9 Å². The fraction of sp³-hybridized carbons (Fsp3) is 0.300. The first-order chi connectivity index (χ1) is 12.0. The number of rotatable bonds is 7. The van der Waals surface area contributed by atoms with Crippen LogP contribution in [0.1, 0.15) is 35.8 Å². The maximum absolute atomic E-state index is 12.2. The van der Waals surface area contributed by atoms with Gasteiger partial charge in [-0.25, -0.2) is 0 Å². The van der Waals surface area contributed by atoms with Gasteiger partial charge in [0, 0.05) is 24.3 Å². The molecule has 0 bridgehead atoms. The van der Waals surface area contributed by atoms with Gasteiger partial charge < -0.3 is 16.0 Å². The molecule has 5 nitrogen and oxygen atoms in total. The normalized spacial score (nSPS) is 11.8. The quantitative estimate of drug-likeness (QED) is 0.726. The zero-order valence-corrected chi connectivity index (χ0v) is 14.9. The van der Waals surface area contributed by atoms with Gasteiger partial charge in [-0.1, -0.05) is 44.2 Å². The average Bonchev–Trinajstić information content (AvgIpc) is 2.62. The fourth-order valence-corrected chi connectivity index (χ4v) is 2.66. The van der Waals surface area contributed by atoms with Crippen molar-refractivity contribution in [3.05, 3.63) is 65.7 Å². The van der Waals surface area contributed by atoms with E-state index in [0.717, 1.165) is 0 Å². The molecular formula is C20H25N3O2. The van der Waals surface area contributed by atoms with Gasteiger partial charge in [-0.2, -0.15) is 0 Å². The Labute approximate surface area is 148 Å². The van der Waals surface area contributed by atoms with Crippen LogP contribution in [-0.4, -0.2) is 25.4 Å². The van der Waals surface area contributed by atoms with Gasteiger partial charge in [0.05, 0.1) is 6.54 Å². The first kappa shape index (κ1) is 18.7. The predicted octanol–water partition coefficient (Wildman–Crippen LogP) is 2.97. The molecule has 132 valence electrons. The molecule has 0 fully saturated rings. The Kier molecular flexibility index (Phi) is 6.71. The lowest BCUT2D eigenvalue weighted by molar-refractivity contribution is -0.115. The third kappa shape index (κ3) is 5.43. The largest absolute Gasteiger partial charge is 0.355 e. The van der Waals surface area contributed by atoms with Crippen molar-refractivity contribution in [1.29, 1.82) is 0 Å². The molecule has 25 heavy (non-hydrogen) atoms. The van der Waals surface area contributed by atoms with E-state index in [9.17, 15) is 9.59 Å². The summed E-state index contributed by atoms with van der Waals surface area (Å²) < 4.78 is 0. The zero-order chi connectivity index (χ0) is 18.2. The lowest BCUT2D eigenvalue weighted by atomic mass is 9.96. The molecule has 0 unspecified atom stereocenters. The number of amides is 2. The molecule has 3 N–H and O–H groups in total.